The third-order valence-corrected chi connectivity index (χ3v) is 2.88. The summed E-state index contributed by atoms with van der Waals surface area (Å²) in [5, 5.41) is 3.42. The van der Waals surface area contributed by atoms with Gasteiger partial charge in [-0.15, -0.1) is 0 Å². The number of carbonyl (C=O) groups excluding carboxylic acids is 1. The molecule has 0 spiro atoms. The first-order chi connectivity index (χ1) is 7.49. The molecule has 1 aromatic rings. The highest BCUT2D eigenvalue weighted by Crippen LogP contribution is 2.22. The van der Waals surface area contributed by atoms with E-state index in [9.17, 15) is 4.79 Å². The second-order valence-corrected chi connectivity index (χ2v) is 5.13. The molecule has 1 aromatic carbocycles. The Morgan fingerprint density at radius 2 is 2.25 bits per heavy atom. The molecule has 0 fully saturated rings. The van der Waals surface area contributed by atoms with Crippen LogP contribution in [0, 0.1) is 3.57 Å². The first kappa shape index (κ1) is 13.7. The highest BCUT2D eigenvalue weighted by atomic mass is 127. The number of halogens is 2. The van der Waals surface area contributed by atoms with Crippen molar-refractivity contribution in [3.05, 3.63) is 26.8 Å². The van der Waals surface area contributed by atoms with Crippen LogP contribution in [0.1, 0.15) is 13.8 Å². The van der Waals surface area contributed by atoms with Crippen molar-refractivity contribution < 1.29 is 9.53 Å². The molecule has 16 heavy (non-hydrogen) atoms. The summed E-state index contributed by atoms with van der Waals surface area (Å²) in [7, 11) is 0. The number of hydrogen-bond donors (Lipinski definition) is 1. The summed E-state index contributed by atoms with van der Waals surface area (Å²) in [5.74, 6) is -0.158. The van der Waals surface area contributed by atoms with Crippen molar-refractivity contribution in [3.8, 4) is 0 Å². The van der Waals surface area contributed by atoms with E-state index in [4.69, 9.17) is 16.3 Å². The van der Waals surface area contributed by atoms with E-state index in [2.05, 4.69) is 27.9 Å². The zero-order chi connectivity index (χ0) is 12.1. The number of benzene rings is 1. The first-order valence-electron chi connectivity index (χ1n) is 4.85. The van der Waals surface area contributed by atoms with Crippen molar-refractivity contribution in [1.82, 2.24) is 0 Å². The largest absolute Gasteiger partial charge is 0.369 e. The summed E-state index contributed by atoms with van der Waals surface area (Å²) in [6.45, 7) is 3.84. The van der Waals surface area contributed by atoms with Crippen LogP contribution in [-0.2, 0) is 9.53 Å². The van der Waals surface area contributed by atoms with Gasteiger partial charge in [-0.1, -0.05) is 11.6 Å². The van der Waals surface area contributed by atoms with Gasteiger partial charge >= 0.3 is 0 Å². The number of carbonyl (C=O) groups is 1. The topological polar surface area (TPSA) is 38.3 Å². The van der Waals surface area contributed by atoms with Crippen LogP contribution in [0.2, 0.25) is 5.02 Å². The lowest BCUT2D eigenvalue weighted by Gasteiger charge is -2.09. The van der Waals surface area contributed by atoms with E-state index in [0.717, 1.165) is 9.26 Å². The Balaban J connectivity index is 2.56. The van der Waals surface area contributed by atoms with Crippen molar-refractivity contribution in [1.29, 1.82) is 0 Å². The third kappa shape index (κ3) is 4.67. The molecule has 3 nitrogen and oxygen atoms in total. The molecule has 5 heteroatoms. The van der Waals surface area contributed by atoms with E-state index in [1.165, 1.54) is 0 Å². The van der Waals surface area contributed by atoms with E-state index in [0.29, 0.717) is 5.02 Å². The van der Waals surface area contributed by atoms with Gasteiger partial charge in [0.2, 0.25) is 5.91 Å². The lowest BCUT2D eigenvalue weighted by Crippen LogP contribution is -2.21. The number of amides is 1. The van der Waals surface area contributed by atoms with E-state index < -0.39 is 0 Å². The van der Waals surface area contributed by atoms with Crippen LogP contribution in [-0.4, -0.2) is 18.6 Å². The number of anilines is 1. The number of hydrogen-bond acceptors (Lipinski definition) is 2. The van der Waals surface area contributed by atoms with Crippen LogP contribution >= 0.6 is 34.2 Å². The molecule has 0 unspecified atom stereocenters. The van der Waals surface area contributed by atoms with Crippen molar-refractivity contribution in [2.45, 2.75) is 20.0 Å². The molecule has 0 aromatic heterocycles. The molecule has 0 saturated heterocycles. The predicted octanol–water partition coefficient (Wildman–Crippen LogP) is 3.31. The molecule has 1 N–H and O–H groups in total. The van der Waals surface area contributed by atoms with Gasteiger partial charge in [-0.3, -0.25) is 4.79 Å². The fourth-order valence-electron chi connectivity index (χ4n) is 1.02. The Morgan fingerprint density at radius 3 is 2.81 bits per heavy atom. The minimum atomic E-state index is -0.158. The van der Waals surface area contributed by atoms with Gasteiger partial charge < -0.3 is 10.1 Å². The van der Waals surface area contributed by atoms with Gasteiger partial charge in [-0.05, 0) is 54.6 Å². The minimum Gasteiger partial charge on any atom is -0.369 e. The molecule has 0 atom stereocenters. The van der Waals surface area contributed by atoms with Gasteiger partial charge in [0.15, 0.2) is 0 Å². The van der Waals surface area contributed by atoms with Gasteiger partial charge in [0.25, 0.3) is 0 Å². The maximum absolute atomic E-state index is 11.5. The zero-order valence-corrected chi connectivity index (χ0v) is 12.0. The Hall–Kier alpha value is -0.330. The van der Waals surface area contributed by atoms with Crippen LogP contribution in [0.3, 0.4) is 0 Å². The molecule has 0 heterocycles. The van der Waals surface area contributed by atoms with Gasteiger partial charge in [0.05, 0.1) is 11.8 Å². The van der Waals surface area contributed by atoms with Crippen molar-refractivity contribution in [2.75, 3.05) is 11.9 Å². The normalized spacial score (nSPS) is 10.6. The fourth-order valence-corrected chi connectivity index (χ4v) is 2.03. The van der Waals surface area contributed by atoms with Crippen LogP contribution in [0.25, 0.3) is 0 Å². The minimum absolute atomic E-state index is 0.0510. The van der Waals surface area contributed by atoms with Crippen LogP contribution in [0.4, 0.5) is 5.69 Å². The maximum Gasteiger partial charge on any atom is 0.250 e. The monoisotopic (exact) mass is 353 g/mol. The SMILES string of the molecule is CC(C)OCC(=O)Nc1ccc(Cl)cc1I. The number of rotatable bonds is 4. The lowest BCUT2D eigenvalue weighted by molar-refractivity contribution is -0.121. The second-order valence-electron chi connectivity index (χ2n) is 3.53. The quantitative estimate of drug-likeness (QED) is 0.844. The van der Waals surface area contributed by atoms with E-state index in [-0.39, 0.29) is 18.6 Å². The number of nitrogens with one attached hydrogen (secondary N) is 1. The average molecular weight is 354 g/mol. The highest BCUT2D eigenvalue weighted by molar-refractivity contribution is 14.1. The Kier molecular flexibility index (Phi) is 5.51. The van der Waals surface area contributed by atoms with Gasteiger partial charge in [-0.2, -0.15) is 0 Å². The summed E-state index contributed by atoms with van der Waals surface area (Å²) >= 11 is 7.94. The molecule has 1 amide bonds. The lowest BCUT2D eigenvalue weighted by atomic mass is 10.3. The average Bonchev–Trinajstić information content (AvgIpc) is 2.19. The molecule has 0 radical (unpaired) electrons. The fraction of sp³-hybridized carbons (Fsp3) is 0.364. The summed E-state index contributed by atoms with van der Waals surface area (Å²) in [6, 6.07) is 5.31. The second kappa shape index (κ2) is 6.42. The maximum atomic E-state index is 11.5. The van der Waals surface area contributed by atoms with Gasteiger partial charge in [0, 0.05) is 8.59 Å². The summed E-state index contributed by atoms with van der Waals surface area (Å²) in [4.78, 5) is 11.5. The number of ether oxygens (including phenoxy) is 1. The molecular formula is C11H13ClINO2. The molecule has 0 bridgehead atoms. The molecule has 0 aliphatic carbocycles. The third-order valence-electron chi connectivity index (χ3n) is 1.75. The highest BCUT2D eigenvalue weighted by Gasteiger charge is 2.06. The standard InChI is InChI=1S/C11H13ClINO2/c1-7(2)16-6-11(15)14-10-4-3-8(12)5-9(10)13/h3-5,7H,6H2,1-2H3,(H,14,15). The van der Waals surface area contributed by atoms with Crippen LogP contribution < -0.4 is 5.32 Å². The Bertz CT molecular complexity index is 382. The first-order valence-corrected chi connectivity index (χ1v) is 6.31. The summed E-state index contributed by atoms with van der Waals surface area (Å²) < 4.78 is 6.10. The molecule has 0 aliphatic rings. The van der Waals surface area contributed by atoms with E-state index >= 15 is 0 Å². The molecular weight excluding hydrogens is 340 g/mol. The van der Waals surface area contributed by atoms with E-state index in [1.807, 2.05) is 13.8 Å². The van der Waals surface area contributed by atoms with Crippen molar-refractivity contribution >= 4 is 45.8 Å². The molecule has 88 valence electrons. The molecule has 0 saturated carbocycles. The van der Waals surface area contributed by atoms with Gasteiger partial charge in [-0.25, -0.2) is 0 Å². The zero-order valence-electron chi connectivity index (χ0n) is 9.09. The van der Waals surface area contributed by atoms with Crippen molar-refractivity contribution in [2.24, 2.45) is 0 Å². The molecule has 1 rings (SSSR count). The molecule has 0 aliphatic heterocycles. The van der Waals surface area contributed by atoms with Crippen LogP contribution in [0.5, 0.6) is 0 Å². The Morgan fingerprint density at radius 1 is 1.56 bits per heavy atom. The predicted molar refractivity (Wildman–Crippen MR) is 73.9 cm³/mol. The summed E-state index contributed by atoms with van der Waals surface area (Å²) in [5.41, 5.74) is 0.752. The summed E-state index contributed by atoms with van der Waals surface area (Å²) in [6.07, 6.45) is 0.0510. The van der Waals surface area contributed by atoms with Crippen LogP contribution in [0.15, 0.2) is 18.2 Å². The Labute approximate surface area is 114 Å². The van der Waals surface area contributed by atoms with Crippen molar-refractivity contribution in [3.63, 3.8) is 0 Å². The van der Waals surface area contributed by atoms with E-state index in [1.54, 1.807) is 18.2 Å². The van der Waals surface area contributed by atoms with Gasteiger partial charge in [0.1, 0.15) is 6.61 Å². The smallest absolute Gasteiger partial charge is 0.250 e.